The molecule has 0 saturated heterocycles. The molecule has 1 N–H and O–H groups in total. The molecule has 0 spiro atoms. The molecule has 1 aromatic rings. The number of benzene rings is 1. The lowest BCUT2D eigenvalue weighted by atomic mass is 9.89. The smallest absolute Gasteiger partial charge is 0.382 e. The van der Waals surface area contributed by atoms with Gasteiger partial charge in [-0.3, -0.25) is 4.52 Å². The molecule has 3 unspecified atom stereocenters. The second-order valence-corrected chi connectivity index (χ2v) is 13.4. The molecule has 6 nitrogen and oxygen atoms in total. The molecule has 232 valence electrons. The second kappa shape index (κ2) is 23.7. The number of carbonyl (C=O) groups excluding carboxylic acids is 1. The summed E-state index contributed by atoms with van der Waals surface area (Å²) in [5.74, 6) is 0.926. The number of hydrogen-bond donors (Lipinski definition) is 1. The third-order valence-electron chi connectivity index (χ3n) is 7.28. The molecule has 0 aliphatic rings. The van der Waals surface area contributed by atoms with E-state index in [0.29, 0.717) is 18.3 Å². The molecule has 3 atom stereocenters. The molecule has 0 fully saturated rings. The minimum Gasteiger partial charge on any atom is -0.382 e. The molecule has 8 heteroatoms. The topological polar surface area (TPSA) is 82.1 Å². The Hall–Kier alpha value is -0.850. The van der Waals surface area contributed by atoms with E-state index in [4.69, 9.17) is 13.4 Å². The molecule has 0 radical (unpaired) electrons. The molecule has 0 aliphatic heterocycles. The van der Waals surface area contributed by atoms with Gasteiger partial charge in [0.25, 0.3) is 0 Å². The molecule has 0 amide bonds. The van der Waals surface area contributed by atoms with Crippen LogP contribution in [0.15, 0.2) is 24.3 Å². The summed E-state index contributed by atoms with van der Waals surface area (Å²) >= 11 is 0.937. The first-order chi connectivity index (χ1) is 19.3. The van der Waals surface area contributed by atoms with Crippen LogP contribution in [0, 0.1) is 0 Å². The van der Waals surface area contributed by atoms with Gasteiger partial charge in [-0.15, -0.1) is 0 Å². The summed E-state index contributed by atoms with van der Waals surface area (Å²) in [4.78, 5) is 22.3. The molecule has 0 aliphatic carbocycles. The number of ether oxygens (including phenoxy) is 1. The normalized spacial score (nSPS) is 14.5. The van der Waals surface area contributed by atoms with E-state index in [1.807, 2.05) is 0 Å². The van der Waals surface area contributed by atoms with Crippen molar-refractivity contribution >= 4 is 25.3 Å². The van der Waals surface area contributed by atoms with Gasteiger partial charge in [-0.05, 0) is 49.7 Å². The zero-order chi connectivity index (χ0) is 29.5. The van der Waals surface area contributed by atoms with Crippen LogP contribution in [0.4, 0.5) is 4.79 Å². The van der Waals surface area contributed by atoms with Gasteiger partial charge in [-0.1, -0.05) is 122 Å². The quantitative estimate of drug-likeness (QED) is 0.0643. The molecule has 1 aromatic carbocycles. The van der Waals surface area contributed by atoms with Gasteiger partial charge in [-0.25, -0.2) is 9.36 Å². The predicted octanol–water partition coefficient (Wildman–Crippen LogP) is 10.6. The molecule has 0 bridgehead atoms. The lowest BCUT2D eigenvalue weighted by molar-refractivity contribution is 0.0275. The molecule has 1 rings (SSSR count). The number of hydrogen-bond acceptors (Lipinski definition) is 6. The maximum absolute atomic E-state index is 12.4. The maximum Gasteiger partial charge on any atom is 0.437 e. The van der Waals surface area contributed by atoms with Gasteiger partial charge in [-0.2, -0.15) is 0 Å². The number of unbranched alkanes of at least 4 members (excludes halogenated alkanes) is 11. The Morgan fingerprint density at radius 1 is 0.900 bits per heavy atom. The Morgan fingerprint density at radius 2 is 1.52 bits per heavy atom. The van der Waals surface area contributed by atoms with Crippen LogP contribution in [0.2, 0.25) is 0 Å². The van der Waals surface area contributed by atoms with E-state index in [1.165, 1.54) is 81.8 Å². The van der Waals surface area contributed by atoms with Crippen LogP contribution in [0.1, 0.15) is 141 Å². The van der Waals surface area contributed by atoms with Crippen molar-refractivity contribution in [3.63, 3.8) is 0 Å². The first-order valence-corrected chi connectivity index (χ1v) is 18.3. The fourth-order valence-electron chi connectivity index (χ4n) is 4.70. The molecule has 0 heterocycles. The van der Waals surface area contributed by atoms with Crippen molar-refractivity contribution in [1.82, 2.24) is 0 Å². The van der Waals surface area contributed by atoms with E-state index in [-0.39, 0.29) is 12.7 Å². The zero-order valence-electron chi connectivity index (χ0n) is 25.7. The zero-order valence-corrected chi connectivity index (χ0v) is 27.5. The van der Waals surface area contributed by atoms with Crippen molar-refractivity contribution in [3.05, 3.63) is 35.4 Å². The lowest BCUT2D eigenvalue weighted by Gasteiger charge is -2.18. The van der Waals surface area contributed by atoms with Crippen LogP contribution in [0.3, 0.4) is 0 Å². The van der Waals surface area contributed by atoms with E-state index >= 15 is 0 Å². The summed E-state index contributed by atoms with van der Waals surface area (Å²) in [6.07, 6.45) is 18.4. The summed E-state index contributed by atoms with van der Waals surface area (Å²) in [7, 11) is -4.52. The first kappa shape index (κ1) is 37.2. The summed E-state index contributed by atoms with van der Waals surface area (Å²) in [6.45, 7) is 8.84. The molecule has 40 heavy (non-hydrogen) atoms. The largest absolute Gasteiger partial charge is 0.437 e. The monoisotopic (exact) mass is 600 g/mol. The fraction of sp³-hybridized carbons (Fsp3) is 0.781. The number of carbonyl (C=O) groups is 1. The van der Waals surface area contributed by atoms with Crippen LogP contribution in [0.25, 0.3) is 0 Å². The van der Waals surface area contributed by atoms with Crippen molar-refractivity contribution < 1.29 is 27.7 Å². The highest BCUT2D eigenvalue weighted by molar-refractivity contribution is 7.95. The van der Waals surface area contributed by atoms with Gasteiger partial charge in [0.15, 0.2) is 0 Å². The first-order valence-electron chi connectivity index (χ1n) is 15.9. The molecular weight excluding hydrogens is 543 g/mol. The average Bonchev–Trinajstić information content (AvgIpc) is 2.96. The summed E-state index contributed by atoms with van der Waals surface area (Å²) < 4.78 is 28.2. The third kappa shape index (κ3) is 17.9. The van der Waals surface area contributed by atoms with Crippen LogP contribution in [-0.2, 0) is 24.4 Å². The Kier molecular flexibility index (Phi) is 22.0. The maximum atomic E-state index is 12.4. The van der Waals surface area contributed by atoms with E-state index < -0.39 is 13.3 Å². The number of aryl methyl sites for hydroxylation is 1. The van der Waals surface area contributed by atoms with E-state index in [1.54, 1.807) is 6.92 Å². The Morgan fingerprint density at radius 3 is 2.17 bits per heavy atom. The van der Waals surface area contributed by atoms with Crippen molar-refractivity contribution in [1.29, 1.82) is 0 Å². The Balaban J connectivity index is 2.34. The highest BCUT2D eigenvalue weighted by atomic mass is 32.2. The molecule has 0 saturated carbocycles. The minimum absolute atomic E-state index is 0.127. The van der Waals surface area contributed by atoms with Gasteiger partial charge in [0.1, 0.15) is 0 Å². The number of rotatable bonds is 26. The van der Waals surface area contributed by atoms with Crippen molar-refractivity contribution in [2.45, 2.75) is 142 Å². The van der Waals surface area contributed by atoms with Crippen molar-refractivity contribution in [2.24, 2.45) is 0 Å². The third-order valence-corrected chi connectivity index (χ3v) is 9.13. The summed E-state index contributed by atoms with van der Waals surface area (Å²) in [6, 6.07) is 8.73. The standard InChI is InChI=1S/C32H57O6PS/c1-5-8-10-12-13-14-16-18-24-36-28(4)27-37-39(34,35)32(33)38-40-25-23-30(21-17-15-11-9-6-2)31-22-19-20-29(7-3)26-31/h19-20,22,26,28,30H,5-18,21,23-25,27H2,1-4H3,(H,34,35). The Bertz CT molecular complexity index is 820. The summed E-state index contributed by atoms with van der Waals surface area (Å²) in [5, 5.41) is 0. The highest BCUT2D eigenvalue weighted by Crippen LogP contribution is 2.45. The lowest BCUT2D eigenvalue weighted by Crippen LogP contribution is -2.17. The minimum atomic E-state index is -4.52. The van der Waals surface area contributed by atoms with Crippen molar-refractivity contribution in [3.8, 4) is 0 Å². The van der Waals surface area contributed by atoms with E-state index in [0.717, 1.165) is 44.1 Å². The molecular formula is C32H57O6PS. The predicted molar refractivity (Wildman–Crippen MR) is 169 cm³/mol. The van der Waals surface area contributed by atoms with Gasteiger partial charge >= 0.3 is 13.3 Å². The van der Waals surface area contributed by atoms with Crippen molar-refractivity contribution in [2.75, 3.05) is 19.0 Å². The highest BCUT2D eigenvalue weighted by Gasteiger charge is 2.34. The van der Waals surface area contributed by atoms with Gasteiger partial charge < -0.3 is 13.8 Å². The van der Waals surface area contributed by atoms with Gasteiger partial charge in [0.05, 0.1) is 24.8 Å². The Labute approximate surface area is 249 Å². The average molecular weight is 601 g/mol. The van der Waals surface area contributed by atoms with Crippen LogP contribution in [0.5, 0.6) is 0 Å². The van der Waals surface area contributed by atoms with Gasteiger partial charge in [0.2, 0.25) is 0 Å². The SMILES string of the molecule is CCCCCCCCCCOC(C)COP(=O)(O)C(=O)OSCCC(CCCCCCC)c1cccc(CC)c1. The van der Waals surface area contributed by atoms with Crippen LogP contribution < -0.4 is 0 Å². The second-order valence-electron chi connectivity index (χ2n) is 10.9. The molecule has 0 aromatic heterocycles. The van der Waals surface area contributed by atoms with E-state index in [9.17, 15) is 14.3 Å². The fourth-order valence-corrected chi connectivity index (χ4v) is 6.31. The van der Waals surface area contributed by atoms with Crippen LogP contribution in [-0.4, -0.2) is 35.7 Å². The summed E-state index contributed by atoms with van der Waals surface area (Å²) in [5.41, 5.74) is 1.43. The van der Waals surface area contributed by atoms with Crippen LogP contribution >= 0.6 is 19.6 Å². The van der Waals surface area contributed by atoms with Gasteiger partial charge in [0, 0.05) is 12.4 Å². The van der Waals surface area contributed by atoms with E-state index in [2.05, 4.69) is 45.0 Å².